The third kappa shape index (κ3) is 2.74. The maximum atomic E-state index is 12.1. The average Bonchev–Trinajstić information content (AvgIpc) is 2.28. The van der Waals surface area contributed by atoms with E-state index in [9.17, 15) is 9.90 Å². The lowest BCUT2D eigenvalue weighted by Crippen LogP contribution is -2.52. The minimum Gasteiger partial charge on any atom is -0.388 e. The second kappa shape index (κ2) is 4.72. The zero-order chi connectivity index (χ0) is 11.6. The number of amides is 1. The van der Waals surface area contributed by atoms with Crippen molar-refractivity contribution < 1.29 is 14.6 Å². The summed E-state index contributed by atoms with van der Waals surface area (Å²) in [4.78, 5) is 13.9. The van der Waals surface area contributed by atoms with Crippen molar-refractivity contribution in [3.8, 4) is 0 Å². The van der Waals surface area contributed by atoms with E-state index in [1.807, 2.05) is 0 Å². The van der Waals surface area contributed by atoms with E-state index in [1.165, 1.54) is 0 Å². The van der Waals surface area contributed by atoms with Crippen molar-refractivity contribution in [1.82, 2.24) is 4.90 Å². The highest BCUT2D eigenvalue weighted by Gasteiger charge is 2.34. The summed E-state index contributed by atoms with van der Waals surface area (Å²) in [7, 11) is 0. The summed E-state index contributed by atoms with van der Waals surface area (Å²) in [6.45, 7) is 3.70. The van der Waals surface area contributed by atoms with Gasteiger partial charge in [-0.05, 0) is 39.0 Å². The number of hydrogen-bond acceptors (Lipinski definition) is 3. The molecule has 0 aromatic carbocycles. The number of rotatable bonds is 1. The zero-order valence-corrected chi connectivity index (χ0v) is 9.95. The first-order valence-corrected chi connectivity index (χ1v) is 6.21. The van der Waals surface area contributed by atoms with Crippen LogP contribution >= 0.6 is 0 Å². The number of carbonyl (C=O) groups excluding carboxylic acids is 1. The molecule has 4 heteroatoms. The number of nitrogens with zero attached hydrogens (tertiary/aromatic N) is 1. The molecule has 2 atom stereocenters. The predicted molar refractivity (Wildman–Crippen MR) is 60.0 cm³/mol. The van der Waals surface area contributed by atoms with Crippen LogP contribution in [-0.4, -0.2) is 47.3 Å². The van der Waals surface area contributed by atoms with Crippen LogP contribution in [0.4, 0.5) is 0 Å². The van der Waals surface area contributed by atoms with Crippen LogP contribution in [-0.2, 0) is 9.53 Å². The van der Waals surface area contributed by atoms with Gasteiger partial charge in [0.05, 0.1) is 5.60 Å². The number of hydrogen-bond donors (Lipinski definition) is 1. The fourth-order valence-electron chi connectivity index (χ4n) is 2.55. The van der Waals surface area contributed by atoms with Crippen LogP contribution in [0.2, 0.25) is 0 Å². The van der Waals surface area contributed by atoms with Crippen LogP contribution in [0, 0.1) is 0 Å². The lowest BCUT2D eigenvalue weighted by atomic mass is 9.94. The Morgan fingerprint density at radius 3 is 2.88 bits per heavy atom. The molecule has 2 saturated heterocycles. The summed E-state index contributed by atoms with van der Waals surface area (Å²) >= 11 is 0. The molecule has 1 amide bonds. The van der Waals surface area contributed by atoms with E-state index in [4.69, 9.17) is 4.74 Å². The van der Waals surface area contributed by atoms with Crippen molar-refractivity contribution in [3.63, 3.8) is 0 Å². The van der Waals surface area contributed by atoms with Gasteiger partial charge in [0.1, 0.15) is 6.10 Å². The molecular formula is C12H21NO3. The summed E-state index contributed by atoms with van der Waals surface area (Å²) in [5, 5.41) is 9.96. The molecule has 2 heterocycles. The molecule has 92 valence electrons. The lowest BCUT2D eigenvalue weighted by Gasteiger charge is -2.38. The standard InChI is InChI=1S/C12H21NO3/c1-12(15)6-4-7-13(9-12)11(14)10-5-2-3-8-16-10/h10,15H,2-9H2,1H3. The first-order valence-electron chi connectivity index (χ1n) is 6.21. The van der Waals surface area contributed by atoms with Gasteiger partial charge in [0, 0.05) is 19.7 Å². The minimum atomic E-state index is -0.720. The summed E-state index contributed by atoms with van der Waals surface area (Å²) in [5.74, 6) is 0.0691. The highest BCUT2D eigenvalue weighted by molar-refractivity contribution is 5.81. The minimum absolute atomic E-state index is 0.0691. The van der Waals surface area contributed by atoms with Crippen molar-refractivity contribution in [2.45, 2.75) is 50.7 Å². The van der Waals surface area contributed by atoms with E-state index >= 15 is 0 Å². The number of aliphatic hydroxyl groups is 1. The Labute approximate surface area is 96.6 Å². The number of piperidine rings is 1. The molecule has 2 fully saturated rings. The molecule has 2 aliphatic rings. The van der Waals surface area contributed by atoms with Gasteiger partial charge in [0.2, 0.25) is 0 Å². The number of likely N-dealkylation sites (tertiary alicyclic amines) is 1. The Bertz CT molecular complexity index is 259. The van der Waals surface area contributed by atoms with Gasteiger partial charge in [-0.2, -0.15) is 0 Å². The van der Waals surface area contributed by atoms with E-state index in [0.29, 0.717) is 13.2 Å². The van der Waals surface area contributed by atoms with E-state index in [1.54, 1.807) is 11.8 Å². The van der Waals surface area contributed by atoms with E-state index < -0.39 is 5.60 Å². The third-order valence-electron chi connectivity index (χ3n) is 3.44. The molecule has 0 spiro atoms. The molecule has 2 unspecified atom stereocenters. The topological polar surface area (TPSA) is 49.8 Å². The van der Waals surface area contributed by atoms with Gasteiger partial charge in [-0.25, -0.2) is 0 Å². The van der Waals surface area contributed by atoms with Crippen molar-refractivity contribution in [2.75, 3.05) is 19.7 Å². The average molecular weight is 227 g/mol. The number of β-amino-alcohol motifs (C(OH)–C–C–N with tert-alkyl or cyclic N) is 1. The van der Waals surface area contributed by atoms with Crippen LogP contribution in [0.5, 0.6) is 0 Å². The van der Waals surface area contributed by atoms with Crippen LogP contribution in [0.1, 0.15) is 39.0 Å². The fraction of sp³-hybridized carbons (Fsp3) is 0.917. The van der Waals surface area contributed by atoms with Crippen molar-refractivity contribution in [3.05, 3.63) is 0 Å². The van der Waals surface area contributed by atoms with E-state index in [-0.39, 0.29) is 12.0 Å². The molecule has 4 nitrogen and oxygen atoms in total. The molecular weight excluding hydrogens is 206 g/mol. The molecule has 0 aromatic heterocycles. The molecule has 0 bridgehead atoms. The van der Waals surface area contributed by atoms with Gasteiger partial charge in [0.15, 0.2) is 0 Å². The fourth-order valence-corrected chi connectivity index (χ4v) is 2.55. The first kappa shape index (κ1) is 11.9. The highest BCUT2D eigenvalue weighted by atomic mass is 16.5. The van der Waals surface area contributed by atoms with Crippen molar-refractivity contribution >= 4 is 5.91 Å². The largest absolute Gasteiger partial charge is 0.388 e. The van der Waals surface area contributed by atoms with Crippen LogP contribution in [0.15, 0.2) is 0 Å². The number of ether oxygens (including phenoxy) is 1. The van der Waals surface area contributed by atoms with Crippen LogP contribution in [0.3, 0.4) is 0 Å². The zero-order valence-electron chi connectivity index (χ0n) is 9.95. The molecule has 0 saturated carbocycles. The molecule has 0 aromatic rings. The van der Waals surface area contributed by atoms with Crippen molar-refractivity contribution in [1.29, 1.82) is 0 Å². The smallest absolute Gasteiger partial charge is 0.251 e. The summed E-state index contributed by atoms with van der Waals surface area (Å²) < 4.78 is 5.49. The Kier molecular flexibility index (Phi) is 3.50. The molecule has 16 heavy (non-hydrogen) atoms. The lowest BCUT2D eigenvalue weighted by molar-refractivity contribution is -0.152. The first-order chi connectivity index (χ1) is 7.58. The molecule has 2 rings (SSSR count). The van der Waals surface area contributed by atoms with E-state index in [2.05, 4.69) is 0 Å². The predicted octanol–water partition coefficient (Wildman–Crippen LogP) is 0.929. The second-order valence-electron chi connectivity index (χ2n) is 5.22. The Balaban J connectivity index is 1.93. The van der Waals surface area contributed by atoms with E-state index in [0.717, 1.165) is 38.6 Å². The molecule has 2 aliphatic heterocycles. The third-order valence-corrected chi connectivity index (χ3v) is 3.44. The SMILES string of the molecule is CC1(O)CCCN(C(=O)C2CCCCO2)C1. The van der Waals surface area contributed by atoms with Gasteiger partial charge in [-0.1, -0.05) is 0 Å². The quantitative estimate of drug-likeness (QED) is 0.725. The molecule has 0 radical (unpaired) electrons. The Hall–Kier alpha value is -0.610. The summed E-state index contributed by atoms with van der Waals surface area (Å²) in [6.07, 6.45) is 4.36. The van der Waals surface area contributed by atoms with Gasteiger partial charge >= 0.3 is 0 Å². The summed E-state index contributed by atoms with van der Waals surface area (Å²) in [5.41, 5.74) is -0.720. The molecule has 0 aliphatic carbocycles. The maximum Gasteiger partial charge on any atom is 0.251 e. The van der Waals surface area contributed by atoms with Gasteiger partial charge in [-0.15, -0.1) is 0 Å². The Morgan fingerprint density at radius 2 is 2.25 bits per heavy atom. The highest BCUT2D eigenvalue weighted by Crippen LogP contribution is 2.23. The van der Waals surface area contributed by atoms with Gasteiger partial charge in [-0.3, -0.25) is 4.79 Å². The maximum absolute atomic E-state index is 12.1. The van der Waals surface area contributed by atoms with Crippen LogP contribution < -0.4 is 0 Å². The van der Waals surface area contributed by atoms with Gasteiger partial charge in [0.25, 0.3) is 5.91 Å². The monoisotopic (exact) mass is 227 g/mol. The van der Waals surface area contributed by atoms with Gasteiger partial charge < -0.3 is 14.7 Å². The Morgan fingerprint density at radius 1 is 1.44 bits per heavy atom. The second-order valence-corrected chi connectivity index (χ2v) is 5.22. The normalized spacial score (nSPS) is 36.1. The van der Waals surface area contributed by atoms with Crippen molar-refractivity contribution in [2.24, 2.45) is 0 Å². The summed E-state index contributed by atoms with van der Waals surface area (Å²) in [6, 6.07) is 0. The van der Waals surface area contributed by atoms with Crippen LogP contribution in [0.25, 0.3) is 0 Å². The molecule has 1 N–H and O–H groups in total. The number of carbonyl (C=O) groups is 1.